The quantitative estimate of drug-likeness (QED) is 0.876. The molecule has 0 spiro atoms. The van der Waals surface area contributed by atoms with Crippen molar-refractivity contribution in [1.29, 1.82) is 0 Å². The lowest BCUT2D eigenvalue weighted by Crippen LogP contribution is -2.13. The van der Waals surface area contributed by atoms with E-state index in [2.05, 4.69) is 4.99 Å². The van der Waals surface area contributed by atoms with Crippen molar-refractivity contribution in [2.24, 2.45) is 10.7 Å². The standard InChI is InChI=1S/C21H22N2O5/c1-11(24)23-16-8-6-12-10-17(26-2)19(27-3)20(28-4)18(12)14-7-5-13(21(22)25)9-15(14)16/h5,7,9-10H,6,8H2,1-4H3,(H2,22,25). The molecule has 0 fully saturated rings. The first kappa shape index (κ1) is 19.4. The van der Waals surface area contributed by atoms with Crippen molar-refractivity contribution in [3.8, 4) is 28.4 Å². The number of carbonyl (C=O) groups is 2. The molecule has 7 nitrogen and oxygen atoms in total. The average molecular weight is 382 g/mol. The van der Waals surface area contributed by atoms with Crippen LogP contribution in [-0.2, 0) is 11.2 Å². The summed E-state index contributed by atoms with van der Waals surface area (Å²) in [5, 5.41) is 0. The van der Waals surface area contributed by atoms with E-state index >= 15 is 0 Å². The highest BCUT2D eigenvalue weighted by Gasteiger charge is 2.28. The van der Waals surface area contributed by atoms with Crippen molar-refractivity contribution in [2.75, 3.05) is 21.3 Å². The van der Waals surface area contributed by atoms with Crippen LogP contribution in [0.15, 0.2) is 29.3 Å². The summed E-state index contributed by atoms with van der Waals surface area (Å²) in [6.07, 6.45) is 1.12. The Morgan fingerprint density at radius 1 is 0.964 bits per heavy atom. The molecule has 0 heterocycles. The number of aliphatic imine (C=N–C) groups is 1. The van der Waals surface area contributed by atoms with Gasteiger partial charge in [0.25, 0.3) is 0 Å². The predicted octanol–water partition coefficient (Wildman–Crippen LogP) is 2.76. The highest BCUT2D eigenvalue weighted by atomic mass is 16.5. The summed E-state index contributed by atoms with van der Waals surface area (Å²) in [5.74, 6) is 0.697. The maximum absolute atomic E-state index is 11.7. The maximum atomic E-state index is 11.7. The van der Waals surface area contributed by atoms with Crippen molar-refractivity contribution in [3.05, 3.63) is 41.0 Å². The third kappa shape index (κ3) is 3.31. The van der Waals surface area contributed by atoms with Gasteiger partial charge in [-0.25, -0.2) is 4.99 Å². The molecule has 0 radical (unpaired) electrons. The second kappa shape index (κ2) is 7.72. The van der Waals surface area contributed by atoms with E-state index < -0.39 is 5.91 Å². The smallest absolute Gasteiger partial charge is 0.248 e. The largest absolute Gasteiger partial charge is 0.493 e. The number of nitrogens with zero attached hydrogens (tertiary/aromatic N) is 1. The van der Waals surface area contributed by atoms with Crippen LogP contribution in [0.2, 0.25) is 0 Å². The van der Waals surface area contributed by atoms with E-state index in [0.29, 0.717) is 46.9 Å². The second-order valence-corrected chi connectivity index (χ2v) is 6.38. The van der Waals surface area contributed by atoms with Gasteiger partial charge in [-0.3, -0.25) is 9.59 Å². The van der Waals surface area contributed by atoms with Crippen molar-refractivity contribution >= 4 is 17.5 Å². The van der Waals surface area contributed by atoms with Crippen LogP contribution in [0.25, 0.3) is 11.1 Å². The van der Waals surface area contributed by atoms with Crippen molar-refractivity contribution in [2.45, 2.75) is 19.8 Å². The Hall–Kier alpha value is -3.35. The van der Waals surface area contributed by atoms with Gasteiger partial charge in [-0.1, -0.05) is 6.07 Å². The highest BCUT2D eigenvalue weighted by molar-refractivity contribution is 6.13. The number of aryl methyl sites for hydroxylation is 1. The summed E-state index contributed by atoms with van der Waals surface area (Å²) in [6.45, 7) is 1.40. The Morgan fingerprint density at radius 2 is 1.68 bits per heavy atom. The molecule has 28 heavy (non-hydrogen) atoms. The molecule has 146 valence electrons. The lowest BCUT2D eigenvalue weighted by molar-refractivity contribution is -0.115. The number of methoxy groups -OCH3 is 3. The van der Waals surface area contributed by atoms with Gasteiger partial charge < -0.3 is 19.9 Å². The summed E-state index contributed by atoms with van der Waals surface area (Å²) in [6, 6.07) is 7.02. The van der Waals surface area contributed by atoms with Gasteiger partial charge in [0, 0.05) is 23.6 Å². The molecule has 1 aliphatic rings. The highest BCUT2D eigenvalue weighted by Crippen LogP contribution is 2.49. The summed E-state index contributed by atoms with van der Waals surface area (Å²) >= 11 is 0. The lowest BCUT2D eigenvalue weighted by atomic mass is 9.93. The Labute approximate surface area is 163 Å². The fraction of sp³-hybridized carbons (Fsp3) is 0.286. The number of hydrogen-bond donors (Lipinski definition) is 1. The predicted molar refractivity (Wildman–Crippen MR) is 106 cm³/mol. The van der Waals surface area contributed by atoms with Gasteiger partial charge in [0.15, 0.2) is 11.5 Å². The molecule has 1 aliphatic carbocycles. The van der Waals surface area contributed by atoms with Gasteiger partial charge >= 0.3 is 0 Å². The van der Waals surface area contributed by atoms with Crippen LogP contribution in [0.3, 0.4) is 0 Å². The van der Waals surface area contributed by atoms with Crippen LogP contribution in [0.5, 0.6) is 17.2 Å². The van der Waals surface area contributed by atoms with Crippen LogP contribution >= 0.6 is 0 Å². The normalized spacial score (nSPS) is 13.9. The molecule has 0 bridgehead atoms. The molecular formula is C21H22N2O5. The Bertz CT molecular complexity index is 995. The minimum Gasteiger partial charge on any atom is -0.493 e. The topological polar surface area (TPSA) is 100 Å². The first-order valence-corrected chi connectivity index (χ1v) is 8.75. The maximum Gasteiger partial charge on any atom is 0.248 e. The Kier molecular flexibility index (Phi) is 5.35. The zero-order valence-corrected chi connectivity index (χ0v) is 16.3. The number of amides is 2. The van der Waals surface area contributed by atoms with E-state index in [1.165, 1.54) is 6.92 Å². The molecule has 2 N–H and O–H groups in total. The minimum absolute atomic E-state index is 0.307. The Morgan fingerprint density at radius 3 is 2.25 bits per heavy atom. The number of carbonyl (C=O) groups excluding carboxylic acids is 2. The molecule has 0 aromatic heterocycles. The number of benzene rings is 2. The van der Waals surface area contributed by atoms with Crippen molar-refractivity contribution in [1.82, 2.24) is 0 Å². The van der Waals surface area contributed by atoms with Crippen LogP contribution in [0, 0.1) is 0 Å². The molecule has 3 rings (SSSR count). The van der Waals surface area contributed by atoms with Crippen LogP contribution in [0.1, 0.15) is 34.8 Å². The van der Waals surface area contributed by atoms with Gasteiger partial charge in [-0.15, -0.1) is 0 Å². The molecule has 0 saturated heterocycles. The van der Waals surface area contributed by atoms with Crippen LogP contribution < -0.4 is 19.9 Å². The van der Waals surface area contributed by atoms with E-state index in [1.807, 2.05) is 6.07 Å². The number of ether oxygens (including phenoxy) is 3. The number of primary amides is 1. The third-order valence-electron chi connectivity index (χ3n) is 4.72. The first-order chi connectivity index (χ1) is 13.4. The molecule has 0 aliphatic heterocycles. The summed E-state index contributed by atoms with van der Waals surface area (Å²) in [5.41, 5.74) is 9.66. The van der Waals surface area contributed by atoms with E-state index in [4.69, 9.17) is 19.9 Å². The zero-order valence-electron chi connectivity index (χ0n) is 16.3. The fourth-order valence-electron chi connectivity index (χ4n) is 3.55. The summed E-state index contributed by atoms with van der Waals surface area (Å²) < 4.78 is 16.7. The average Bonchev–Trinajstić information content (AvgIpc) is 2.82. The molecule has 0 saturated carbocycles. The number of hydrogen-bond acceptors (Lipinski definition) is 5. The van der Waals surface area contributed by atoms with E-state index in [-0.39, 0.29) is 5.91 Å². The van der Waals surface area contributed by atoms with Crippen LogP contribution in [0.4, 0.5) is 0 Å². The zero-order chi connectivity index (χ0) is 20.4. The van der Waals surface area contributed by atoms with Gasteiger partial charge in [0.1, 0.15) is 0 Å². The fourth-order valence-corrected chi connectivity index (χ4v) is 3.55. The first-order valence-electron chi connectivity index (χ1n) is 8.75. The number of fused-ring (bicyclic) bond motifs is 3. The molecule has 2 amide bonds. The molecule has 0 unspecified atom stereocenters. The lowest BCUT2D eigenvalue weighted by Gasteiger charge is -2.19. The third-order valence-corrected chi connectivity index (χ3v) is 4.72. The van der Waals surface area contributed by atoms with Gasteiger partial charge in [0.2, 0.25) is 17.6 Å². The molecule has 0 atom stereocenters. The van der Waals surface area contributed by atoms with Crippen LogP contribution in [-0.4, -0.2) is 38.9 Å². The molecular weight excluding hydrogens is 360 g/mol. The minimum atomic E-state index is -0.547. The molecule has 2 aromatic rings. The Balaban J connectivity index is 2.40. The van der Waals surface area contributed by atoms with Crippen molar-refractivity contribution < 1.29 is 23.8 Å². The number of nitrogens with two attached hydrogens (primary N) is 1. The van der Waals surface area contributed by atoms with Crippen molar-refractivity contribution in [3.63, 3.8) is 0 Å². The molecule has 7 heteroatoms. The number of rotatable bonds is 4. The monoisotopic (exact) mass is 382 g/mol. The second-order valence-electron chi connectivity index (χ2n) is 6.38. The summed E-state index contributed by atoms with van der Waals surface area (Å²) in [4.78, 5) is 27.6. The van der Waals surface area contributed by atoms with E-state index in [9.17, 15) is 9.59 Å². The van der Waals surface area contributed by atoms with Gasteiger partial charge in [0.05, 0.1) is 27.0 Å². The van der Waals surface area contributed by atoms with Gasteiger partial charge in [-0.2, -0.15) is 0 Å². The van der Waals surface area contributed by atoms with Gasteiger partial charge in [-0.05, 0) is 42.2 Å². The summed E-state index contributed by atoms with van der Waals surface area (Å²) in [7, 11) is 4.67. The SMILES string of the molecule is COc1cc2c(c(OC)c1OC)-c1ccc(C(N)=O)cc1C(=NC(C)=O)CC2. The van der Waals surface area contributed by atoms with E-state index in [0.717, 1.165) is 16.7 Å². The van der Waals surface area contributed by atoms with E-state index in [1.54, 1.807) is 39.5 Å². The molecule has 2 aromatic carbocycles.